The Hall–Kier alpha value is -3.35. The van der Waals surface area contributed by atoms with Gasteiger partial charge in [-0.05, 0) is 42.8 Å². The number of nitrogens with one attached hydrogen (secondary N) is 1. The molecule has 1 aliphatic rings. The second-order valence-electron chi connectivity index (χ2n) is 6.97. The van der Waals surface area contributed by atoms with Crippen LogP contribution in [0.5, 0.6) is 11.5 Å². The van der Waals surface area contributed by atoms with Crippen molar-refractivity contribution in [2.45, 2.75) is 33.0 Å². The minimum Gasteiger partial charge on any atom is -0.449 e. The number of benzene rings is 2. The molecule has 0 saturated heterocycles. The molecule has 6 nitrogen and oxygen atoms in total. The first-order chi connectivity index (χ1) is 13.4. The van der Waals surface area contributed by atoms with Gasteiger partial charge in [-0.1, -0.05) is 6.92 Å². The number of aromatic nitrogens is 2. The summed E-state index contributed by atoms with van der Waals surface area (Å²) in [6.07, 6.45) is 2.11. The fourth-order valence-electron chi connectivity index (χ4n) is 3.21. The highest BCUT2D eigenvalue weighted by Gasteiger charge is 2.31. The maximum atomic E-state index is 13.2. The summed E-state index contributed by atoms with van der Waals surface area (Å²) in [5.74, 6) is -0.0976. The van der Waals surface area contributed by atoms with E-state index < -0.39 is 5.79 Å². The topological polar surface area (TPSA) is 65.4 Å². The predicted octanol–water partition coefficient (Wildman–Crippen LogP) is 4.33. The van der Waals surface area contributed by atoms with Gasteiger partial charge < -0.3 is 14.8 Å². The zero-order chi connectivity index (χ0) is 19.9. The van der Waals surface area contributed by atoms with Gasteiger partial charge in [0.05, 0.1) is 23.1 Å². The van der Waals surface area contributed by atoms with Crippen LogP contribution in [0.2, 0.25) is 0 Å². The summed E-state index contributed by atoms with van der Waals surface area (Å²) in [4.78, 5) is 12.8. The van der Waals surface area contributed by atoms with E-state index in [4.69, 9.17) is 9.47 Å². The summed E-state index contributed by atoms with van der Waals surface area (Å²) in [5.41, 5.74) is 2.50. The van der Waals surface area contributed by atoms with E-state index in [2.05, 4.69) is 10.4 Å². The molecule has 144 valence electrons. The molecular formula is C21H20FN3O3. The van der Waals surface area contributed by atoms with Gasteiger partial charge in [0, 0.05) is 25.6 Å². The normalized spacial score (nSPS) is 14.1. The molecular weight excluding hydrogens is 361 g/mol. The number of amides is 1. The first-order valence-electron chi connectivity index (χ1n) is 9.02. The van der Waals surface area contributed by atoms with Crippen molar-refractivity contribution in [2.75, 3.05) is 5.32 Å². The lowest BCUT2D eigenvalue weighted by Gasteiger charge is -2.16. The van der Waals surface area contributed by atoms with Crippen LogP contribution in [0.1, 0.15) is 36.8 Å². The van der Waals surface area contributed by atoms with Crippen molar-refractivity contribution in [2.24, 2.45) is 0 Å². The zero-order valence-electron chi connectivity index (χ0n) is 15.8. The Balaban J connectivity index is 1.59. The number of hydrogen-bond donors (Lipinski definition) is 1. The van der Waals surface area contributed by atoms with Crippen LogP contribution < -0.4 is 14.8 Å². The average molecular weight is 381 g/mol. The molecule has 0 unspecified atom stereocenters. The van der Waals surface area contributed by atoms with E-state index in [1.165, 1.54) is 18.3 Å². The highest BCUT2D eigenvalue weighted by molar-refractivity contribution is 6.05. The lowest BCUT2D eigenvalue weighted by atomic mass is 10.1. The summed E-state index contributed by atoms with van der Waals surface area (Å²) in [6, 6.07) is 11.2. The largest absolute Gasteiger partial charge is 0.449 e. The minimum absolute atomic E-state index is 0.275. The summed E-state index contributed by atoms with van der Waals surface area (Å²) in [5, 5.41) is 7.19. The Kier molecular flexibility index (Phi) is 4.30. The maximum absolute atomic E-state index is 13.2. The van der Waals surface area contributed by atoms with Crippen LogP contribution >= 0.6 is 0 Å². The Morgan fingerprint density at radius 1 is 1.14 bits per heavy atom. The Morgan fingerprint density at radius 3 is 2.57 bits per heavy atom. The number of nitrogens with zero attached hydrogens (tertiary/aromatic N) is 2. The molecule has 3 aromatic rings. The van der Waals surface area contributed by atoms with Crippen molar-refractivity contribution < 1.29 is 18.7 Å². The number of rotatable bonds is 4. The molecule has 1 aromatic heterocycles. The molecule has 0 aliphatic carbocycles. The van der Waals surface area contributed by atoms with Crippen molar-refractivity contribution >= 4 is 11.6 Å². The van der Waals surface area contributed by atoms with Crippen LogP contribution in [0, 0.1) is 5.82 Å². The van der Waals surface area contributed by atoms with Gasteiger partial charge in [0.2, 0.25) is 5.79 Å². The van der Waals surface area contributed by atoms with Crippen molar-refractivity contribution in [3.63, 3.8) is 0 Å². The Bertz CT molecular complexity index is 1040. The van der Waals surface area contributed by atoms with E-state index in [0.29, 0.717) is 34.9 Å². The molecule has 7 heteroatoms. The van der Waals surface area contributed by atoms with Gasteiger partial charge in [0.15, 0.2) is 11.5 Å². The maximum Gasteiger partial charge on any atom is 0.259 e. The van der Waals surface area contributed by atoms with Crippen LogP contribution in [-0.4, -0.2) is 21.5 Å². The van der Waals surface area contributed by atoms with Crippen molar-refractivity contribution in [1.82, 2.24) is 9.78 Å². The summed E-state index contributed by atoms with van der Waals surface area (Å²) in [6.45, 7) is 5.59. The van der Waals surface area contributed by atoms with Gasteiger partial charge in [0.1, 0.15) is 5.82 Å². The number of fused-ring (bicyclic) bond motifs is 1. The first kappa shape index (κ1) is 18.0. The van der Waals surface area contributed by atoms with E-state index in [1.807, 2.05) is 20.8 Å². The lowest BCUT2D eigenvalue weighted by molar-refractivity contribution is -0.0431. The van der Waals surface area contributed by atoms with Crippen molar-refractivity contribution in [3.05, 3.63) is 65.7 Å². The van der Waals surface area contributed by atoms with Gasteiger partial charge in [-0.3, -0.25) is 4.79 Å². The van der Waals surface area contributed by atoms with Crippen LogP contribution in [-0.2, 0) is 6.42 Å². The van der Waals surface area contributed by atoms with Crippen LogP contribution in [0.15, 0.2) is 48.7 Å². The quantitative estimate of drug-likeness (QED) is 0.730. The predicted molar refractivity (Wildman–Crippen MR) is 103 cm³/mol. The zero-order valence-corrected chi connectivity index (χ0v) is 15.8. The molecule has 0 radical (unpaired) electrons. The van der Waals surface area contributed by atoms with Crippen LogP contribution in [0.3, 0.4) is 0 Å². The van der Waals surface area contributed by atoms with Crippen molar-refractivity contribution in [3.8, 4) is 17.2 Å². The smallest absolute Gasteiger partial charge is 0.259 e. The SMILES string of the molecule is CCc1c(C(=O)Nc2ccc3c(c2)OC(C)(C)O3)cnn1-c1ccc(F)cc1. The third kappa shape index (κ3) is 3.31. The molecule has 0 bridgehead atoms. The van der Waals surface area contributed by atoms with E-state index in [0.717, 1.165) is 5.69 Å². The standard InChI is InChI=1S/C21H20FN3O3/c1-4-17-16(12-23-25(17)15-8-5-13(22)6-9-15)20(26)24-14-7-10-18-19(11-14)28-21(2,3)27-18/h5-12H,4H2,1-3H3,(H,24,26). The monoisotopic (exact) mass is 381 g/mol. The highest BCUT2D eigenvalue weighted by Crippen LogP contribution is 2.40. The number of halogens is 1. The van der Waals surface area contributed by atoms with E-state index in [1.54, 1.807) is 35.0 Å². The molecule has 0 atom stereocenters. The number of anilines is 1. The molecule has 4 rings (SSSR count). The fourth-order valence-corrected chi connectivity index (χ4v) is 3.21. The Labute approximate surface area is 161 Å². The van der Waals surface area contributed by atoms with Gasteiger partial charge in [-0.2, -0.15) is 5.10 Å². The summed E-state index contributed by atoms with van der Waals surface area (Å²) in [7, 11) is 0. The molecule has 2 aromatic carbocycles. The van der Waals surface area contributed by atoms with Gasteiger partial charge >= 0.3 is 0 Å². The molecule has 1 aliphatic heterocycles. The molecule has 1 N–H and O–H groups in total. The van der Waals surface area contributed by atoms with E-state index in [9.17, 15) is 9.18 Å². The molecule has 1 amide bonds. The molecule has 28 heavy (non-hydrogen) atoms. The summed E-state index contributed by atoms with van der Waals surface area (Å²) < 4.78 is 26.2. The second-order valence-corrected chi connectivity index (χ2v) is 6.97. The molecule has 0 fully saturated rings. The highest BCUT2D eigenvalue weighted by atomic mass is 19.1. The van der Waals surface area contributed by atoms with E-state index >= 15 is 0 Å². The third-order valence-corrected chi connectivity index (χ3v) is 4.43. The fraction of sp³-hybridized carbons (Fsp3) is 0.238. The first-order valence-corrected chi connectivity index (χ1v) is 9.02. The minimum atomic E-state index is -0.726. The van der Waals surface area contributed by atoms with Gasteiger partial charge in [-0.25, -0.2) is 9.07 Å². The van der Waals surface area contributed by atoms with Gasteiger partial charge in [-0.15, -0.1) is 0 Å². The Morgan fingerprint density at radius 2 is 1.86 bits per heavy atom. The van der Waals surface area contributed by atoms with Crippen LogP contribution in [0.4, 0.5) is 10.1 Å². The number of carbonyl (C=O) groups is 1. The summed E-state index contributed by atoms with van der Waals surface area (Å²) >= 11 is 0. The number of carbonyl (C=O) groups excluding carboxylic acids is 1. The number of hydrogen-bond acceptors (Lipinski definition) is 4. The second kappa shape index (κ2) is 6.67. The molecule has 0 spiro atoms. The molecule has 2 heterocycles. The average Bonchev–Trinajstić information content (AvgIpc) is 3.21. The van der Waals surface area contributed by atoms with E-state index in [-0.39, 0.29) is 11.7 Å². The van der Waals surface area contributed by atoms with Crippen LogP contribution in [0.25, 0.3) is 5.69 Å². The van der Waals surface area contributed by atoms with Gasteiger partial charge in [0.25, 0.3) is 5.91 Å². The van der Waals surface area contributed by atoms with Crippen molar-refractivity contribution in [1.29, 1.82) is 0 Å². The third-order valence-electron chi connectivity index (χ3n) is 4.43. The molecule has 0 saturated carbocycles. The number of ether oxygens (including phenoxy) is 2. The lowest BCUT2D eigenvalue weighted by Crippen LogP contribution is -2.29.